The van der Waals surface area contributed by atoms with Gasteiger partial charge in [0.25, 0.3) is 0 Å². The van der Waals surface area contributed by atoms with E-state index in [4.69, 9.17) is 4.74 Å². The van der Waals surface area contributed by atoms with E-state index in [0.717, 1.165) is 12.1 Å². The quantitative estimate of drug-likeness (QED) is 0.797. The SMILES string of the molecule is O=C(OCc1ccccc1)c1ccc(CNC2CCCCC2)cc1. The van der Waals surface area contributed by atoms with Crippen molar-refractivity contribution in [2.75, 3.05) is 0 Å². The van der Waals surface area contributed by atoms with Crippen LogP contribution in [-0.2, 0) is 17.9 Å². The summed E-state index contributed by atoms with van der Waals surface area (Å²) >= 11 is 0. The molecule has 2 aromatic carbocycles. The standard InChI is InChI=1S/C21H25NO2/c23-21(24-16-18-7-3-1-4-8-18)19-13-11-17(12-14-19)15-22-20-9-5-2-6-10-20/h1,3-4,7-8,11-14,20,22H,2,5-6,9-10,15-16H2. The molecule has 0 saturated heterocycles. The number of carbonyl (C=O) groups is 1. The number of ether oxygens (including phenoxy) is 1. The fourth-order valence-electron chi connectivity index (χ4n) is 3.13. The molecule has 0 atom stereocenters. The van der Waals surface area contributed by atoms with Gasteiger partial charge in [-0.2, -0.15) is 0 Å². The first-order valence-electron chi connectivity index (χ1n) is 8.84. The van der Waals surface area contributed by atoms with E-state index < -0.39 is 0 Å². The summed E-state index contributed by atoms with van der Waals surface area (Å²) in [5.74, 6) is -0.273. The summed E-state index contributed by atoms with van der Waals surface area (Å²) in [7, 11) is 0. The van der Waals surface area contributed by atoms with Crippen LogP contribution in [0.2, 0.25) is 0 Å². The van der Waals surface area contributed by atoms with E-state index in [9.17, 15) is 4.79 Å². The largest absolute Gasteiger partial charge is 0.457 e. The van der Waals surface area contributed by atoms with Gasteiger partial charge >= 0.3 is 5.97 Å². The Balaban J connectivity index is 1.47. The van der Waals surface area contributed by atoms with Crippen molar-refractivity contribution >= 4 is 5.97 Å². The van der Waals surface area contributed by atoms with E-state index in [1.807, 2.05) is 54.6 Å². The summed E-state index contributed by atoms with van der Waals surface area (Å²) in [4.78, 5) is 12.1. The Kier molecular flexibility index (Phi) is 6.02. The summed E-state index contributed by atoms with van der Waals surface area (Å²) in [5.41, 5.74) is 2.81. The van der Waals surface area contributed by atoms with Crippen LogP contribution in [-0.4, -0.2) is 12.0 Å². The van der Waals surface area contributed by atoms with E-state index in [1.54, 1.807) is 0 Å². The summed E-state index contributed by atoms with van der Waals surface area (Å²) < 4.78 is 5.35. The first kappa shape index (κ1) is 16.7. The van der Waals surface area contributed by atoms with Crippen LogP contribution in [0.15, 0.2) is 54.6 Å². The molecule has 1 N–H and O–H groups in total. The number of rotatable bonds is 6. The molecule has 0 heterocycles. The normalized spacial score (nSPS) is 15.2. The number of benzene rings is 2. The molecule has 0 aliphatic heterocycles. The van der Waals surface area contributed by atoms with E-state index in [-0.39, 0.29) is 5.97 Å². The molecule has 3 heteroatoms. The average Bonchev–Trinajstić information content (AvgIpc) is 2.66. The molecule has 0 bridgehead atoms. The van der Waals surface area contributed by atoms with Crippen LogP contribution in [0.3, 0.4) is 0 Å². The second-order valence-corrected chi connectivity index (χ2v) is 6.47. The van der Waals surface area contributed by atoms with E-state index in [0.29, 0.717) is 18.2 Å². The van der Waals surface area contributed by atoms with Crippen molar-refractivity contribution in [3.63, 3.8) is 0 Å². The predicted octanol–water partition coefficient (Wildman–Crippen LogP) is 4.47. The van der Waals surface area contributed by atoms with E-state index in [1.165, 1.54) is 37.7 Å². The highest BCUT2D eigenvalue weighted by molar-refractivity contribution is 5.89. The van der Waals surface area contributed by atoms with Crippen LogP contribution in [0, 0.1) is 0 Å². The van der Waals surface area contributed by atoms with Gasteiger partial charge in [-0.05, 0) is 36.1 Å². The summed E-state index contributed by atoms with van der Waals surface area (Å²) in [6.45, 7) is 1.18. The molecule has 0 aromatic heterocycles. The minimum absolute atomic E-state index is 0.273. The molecule has 0 spiro atoms. The lowest BCUT2D eigenvalue weighted by atomic mass is 9.95. The molecule has 1 aliphatic carbocycles. The molecule has 126 valence electrons. The highest BCUT2D eigenvalue weighted by Crippen LogP contribution is 2.18. The molecular weight excluding hydrogens is 298 g/mol. The number of hydrogen-bond acceptors (Lipinski definition) is 3. The zero-order chi connectivity index (χ0) is 16.6. The fourth-order valence-corrected chi connectivity index (χ4v) is 3.13. The second-order valence-electron chi connectivity index (χ2n) is 6.47. The van der Waals surface area contributed by atoms with Gasteiger partial charge in [-0.3, -0.25) is 0 Å². The van der Waals surface area contributed by atoms with Gasteiger partial charge in [-0.1, -0.05) is 61.7 Å². The third-order valence-electron chi connectivity index (χ3n) is 4.60. The molecule has 3 nitrogen and oxygen atoms in total. The summed E-state index contributed by atoms with van der Waals surface area (Å²) in [6, 6.07) is 18.1. The first-order chi connectivity index (χ1) is 11.8. The van der Waals surface area contributed by atoms with Crippen LogP contribution < -0.4 is 5.32 Å². The molecule has 1 saturated carbocycles. The smallest absolute Gasteiger partial charge is 0.338 e. The van der Waals surface area contributed by atoms with Gasteiger partial charge in [-0.15, -0.1) is 0 Å². The molecule has 24 heavy (non-hydrogen) atoms. The molecule has 0 radical (unpaired) electrons. The van der Waals surface area contributed by atoms with Crippen molar-refractivity contribution in [1.82, 2.24) is 5.32 Å². The average molecular weight is 323 g/mol. The molecule has 0 amide bonds. The Bertz CT molecular complexity index is 631. The van der Waals surface area contributed by atoms with Gasteiger partial charge in [0.2, 0.25) is 0 Å². The van der Waals surface area contributed by atoms with Crippen molar-refractivity contribution in [2.45, 2.75) is 51.3 Å². The maximum atomic E-state index is 12.1. The summed E-state index contributed by atoms with van der Waals surface area (Å²) in [6.07, 6.45) is 6.61. The Morgan fingerprint density at radius 2 is 1.62 bits per heavy atom. The van der Waals surface area contributed by atoms with Crippen LogP contribution in [0.25, 0.3) is 0 Å². The lowest BCUT2D eigenvalue weighted by Crippen LogP contribution is -2.30. The van der Waals surface area contributed by atoms with Crippen LogP contribution in [0.5, 0.6) is 0 Å². The minimum atomic E-state index is -0.273. The van der Waals surface area contributed by atoms with Gasteiger partial charge in [0.1, 0.15) is 6.61 Å². The zero-order valence-corrected chi connectivity index (χ0v) is 14.0. The molecule has 1 aliphatic rings. The van der Waals surface area contributed by atoms with Crippen molar-refractivity contribution in [2.24, 2.45) is 0 Å². The number of esters is 1. The van der Waals surface area contributed by atoms with Gasteiger partial charge < -0.3 is 10.1 Å². The third-order valence-corrected chi connectivity index (χ3v) is 4.60. The van der Waals surface area contributed by atoms with E-state index >= 15 is 0 Å². The molecular formula is C21H25NO2. The van der Waals surface area contributed by atoms with Gasteiger partial charge in [0, 0.05) is 12.6 Å². The van der Waals surface area contributed by atoms with Gasteiger partial charge in [0.15, 0.2) is 0 Å². The van der Waals surface area contributed by atoms with Gasteiger partial charge in [0.05, 0.1) is 5.56 Å². The number of nitrogens with one attached hydrogen (secondary N) is 1. The highest BCUT2D eigenvalue weighted by atomic mass is 16.5. The third kappa shape index (κ3) is 4.93. The number of hydrogen-bond donors (Lipinski definition) is 1. The Morgan fingerprint density at radius 3 is 2.33 bits per heavy atom. The van der Waals surface area contributed by atoms with Crippen molar-refractivity contribution in [3.8, 4) is 0 Å². The lowest BCUT2D eigenvalue weighted by molar-refractivity contribution is 0.0472. The first-order valence-corrected chi connectivity index (χ1v) is 8.84. The molecule has 0 unspecified atom stereocenters. The van der Waals surface area contributed by atoms with Crippen LogP contribution >= 0.6 is 0 Å². The van der Waals surface area contributed by atoms with Crippen molar-refractivity contribution in [3.05, 3.63) is 71.3 Å². The van der Waals surface area contributed by atoms with Crippen LogP contribution in [0.1, 0.15) is 53.6 Å². The Labute approximate surface area is 144 Å². The monoisotopic (exact) mass is 323 g/mol. The number of carbonyl (C=O) groups excluding carboxylic acids is 1. The van der Waals surface area contributed by atoms with Gasteiger partial charge in [-0.25, -0.2) is 4.79 Å². The summed E-state index contributed by atoms with van der Waals surface area (Å²) in [5, 5.41) is 3.62. The molecule has 1 fully saturated rings. The minimum Gasteiger partial charge on any atom is -0.457 e. The van der Waals surface area contributed by atoms with Crippen LogP contribution in [0.4, 0.5) is 0 Å². The predicted molar refractivity (Wildman–Crippen MR) is 95.7 cm³/mol. The molecule has 3 rings (SSSR count). The maximum absolute atomic E-state index is 12.1. The molecule has 2 aromatic rings. The van der Waals surface area contributed by atoms with Crippen molar-refractivity contribution in [1.29, 1.82) is 0 Å². The lowest BCUT2D eigenvalue weighted by Gasteiger charge is -2.22. The topological polar surface area (TPSA) is 38.3 Å². The fraction of sp³-hybridized carbons (Fsp3) is 0.381. The highest BCUT2D eigenvalue weighted by Gasteiger charge is 2.12. The Morgan fingerprint density at radius 1 is 0.917 bits per heavy atom. The van der Waals surface area contributed by atoms with Crippen molar-refractivity contribution < 1.29 is 9.53 Å². The maximum Gasteiger partial charge on any atom is 0.338 e. The Hall–Kier alpha value is -2.13. The van der Waals surface area contributed by atoms with E-state index in [2.05, 4.69) is 5.32 Å². The zero-order valence-electron chi connectivity index (χ0n) is 14.0. The second kappa shape index (κ2) is 8.65.